The number of hydrogen-bond acceptors (Lipinski definition) is 0. The first-order chi connectivity index (χ1) is 4.19. The van der Waals surface area contributed by atoms with Crippen molar-refractivity contribution >= 4 is 22.6 Å². The van der Waals surface area contributed by atoms with E-state index in [1.807, 2.05) is 0 Å². The van der Waals surface area contributed by atoms with Gasteiger partial charge in [0.15, 0.2) is 0 Å². The van der Waals surface area contributed by atoms with Crippen LogP contribution in [0, 0.1) is 11.3 Å². The predicted octanol–water partition coefficient (Wildman–Crippen LogP) is 3.25. The summed E-state index contributed by atoms with van der Waals surface area (Å²) in [6.07, 6.45) is 4.37. The van der Waals surface area contributed by atoms with Crippen LogP contribution in [0.1, 0.15) is 33.1 Å². The Kier molecular flexibility index (Phi) is 2.41. The zero-order valence-corrected chi connectivity index (χ0v) is 8.44. The summed E-state index contributed by atoms with van der Waals surface area (Å²) >= 11 is 2.52. The normalized spacial score (nSPS) is 43.7. The molecular formula is C8H15I. The van der Waals surface area contributed by atoms with Gasteiger partial charge in [-0.05, 0) is 17.8 Å². The van der Waals surface area contributed by atoms with Crippen LogP contribution in [0.15, 0.2) is 0 Å². The van der Waals surface area contributed by atoms with Crippen molar-refractivity contribution in [3.63, 3.8) is 0 Å². The molecule has 0 amide bonds. The fraction of sp³-hybridized carbons (Fsp3) is 1.00. The van der Waals surface area contributed by atoms with Crippen LogP contribution in [0.3, 0.4) is 0 Å². The molecule has 2 atom stereocenters. The third-order valence-electron chi connectivity index (χ3n) is 2.88. The van der Waals surface area contributed by atoms with Crippen LogP contribution in [0.2, 0.25) is 0 Å². The summed E-state index contributed by atoms with van der Waals surface area (Å²) in [5, 5.41) is 0. The van der Waals surface area contributed by atoms with E-state index in [0.29, 0.717) is 5.41 Å². The summed E-state index contributed by atoms with van der Waals surface area (Å²) in [6, 6.07) is 0. The Labute approximate surface area is 71.5 Å². The fourth-order valence-corrected chi connectivity index (χ4v) is 2.74. The van der Waals surface area contributed by atoms with Crippen LogP contribution in [-0.2, 0) is 0 Å². The lowest BCUT2D eigenvalue weighted by Gasteiger charge is -2.26. The Bertz CT molecular complexity index is 101. The molecule has 0 N–H and O–H groups in total. The van der Waals surface area contributed by atoms with E-state index in [-0.39, 0.29) is 0 Å². The molecule has 0 aliphatic heterocycles. The Morgan fingerprint density at radius 3 is 2.56 bits per heavy atom. The fourth-order valence-electron chi connectivity index (χ4n) is 1.61. The topological polar surface area (TPSA) is 0 Å². The first kappa shape index (κ1) is 7.83. The first-order valence-electron chi connectivity index (χ1n) is 3.75. The van der Waals surface area contributed by atoms with E-state index in [1.54, 1.807) is 0 Å². The van der Waals surface area contributed by atoms with Crippen molar-refractivity contribution in [3.05, 3.63) is 0 Å². The van der Waals surface area contributed by atoms with Crippen molar-refractivity contribution in [2.45, 2.75) is 33.1 Å². The summed E-state index contributed by atoms with van der Waals surface area (Å²) < 4.78 is 1.34. The minimum absolute atomic E-state index is 0.681. The van der Waals surface area contributed by atoms with Gasteiger partial charge in [0.25, 0.3) is 0 Å². The van der Waals surface area contributed by atoms with E-state index in [2.05, 4.69) is 36.4 Å². The summed E-state index contributed by atoms with van der Waals surface area (Å²) in [7, 11) is 0. The molecule has 1 saturated carbocycles. The lowest BCUT2D eigenvalue weighted by atomic mass is 9.83. The molecule has 0 spiro atoms. The van der Waals surface area contributed by atoms with Gasteiger partial charge < -0.3 is 0 Å². The molecule has 1 aliphatic rings. The van der Waals surface area contributed by atoms with Crippen molar-refractivity contribution in [1.29, 1.82) is 0 Å². The van der Waals surface area contributed by atoms with Gasteiger partial charge in [0.2, 0.25) is 0 Å². The molecule has 0 radical (unpaired) electrons. The highest BCUT2D eigenvalue weighted by Crippen LogP contribution is 2.43. The Hall–Kier alpha value is 0.730. The minimum atomic E-state index is 0.681. The molecule has 1 heteroatoms. The second-order valence-corrected chi connectivity index (χ2v) is 4.34. The number of rotatable bonds is 1. The van der Waals surface area contributed by atoms with Crippen LogP contribution >= 0.6 is 22.6 Å². The summed E-state index contributed by atoms with van der Waals surface area (Å²) in [6.45, 7) is 4.82. The molecule has 9 heavy (non-hydrogen) atoms. The smallest absolute Gasteiger partial charge is 0.00519 e. The Morgan fingerprint density at radius 1 is 1.67 bits per heavy atom. The highest BCUT2D eigenvalue weighted by molar-refractivity contribution is 14.1. The summed E-state index contributed by atoms with van der Waals surface area (Å²) in [5.41, 5.74) is 0.681. The first-order valence-corrected chi connectivity index (χ1v) is 5.27. The standard InChI is InChI=1S/C8H15I/c1-7-4-3-5-8(7,2)6-9/h7H,3-6H2,1-2H3. The van der Waals surface area contributed by atoms with Crippen molar-refractivity contribution in [2.24, 2.45) is 11.3 Å². The van der Waals surface area contributed by atoms with Crippen LogP contribution in [0.5, 0.6) is 0 Å². The molecule has 1 rings (SSSR count). The highest BCUT2D eigenvalue weighted by atomic mass is 127. The molecule has 1 fully saturated rings. The number of hydrogen-bond donors (Lipinski definition) is 0. The van der Waals surface area contributed by atoms with Gasteiger partial charge in [0.05, 0.1) is 0 Å². The lowest BCUT2D eigenvalue weighted by molar-refractivity contribution is 0.294. The number of alkyl halides is 1. The average molecular weight is 238 g/mol. The van der Waals surface area contributed by atoms with Gasteiger partial charge in [-0.1, -0.05) is 49.3 Å². The van der Waals surface area contributed by atoms with Gasteiger partial charge >= 0.3 is 0 Å². The molecule has 2 unspecified atom stereocenters. The zero-order valence-electron chi connectivity index (χ0n) is 6.28. The van der Waals surface area contributed by atoms with Gasteiger partial charge in [-0.2, -0.15) is 0 Å². The van der Waals surface area contributed by atoms with Crippen molar-refractivity contribution in [3.8, 4) is 0 Å². The maximum Gasteiger partial charge on any atom is 0.00519 e. The van der Waals surface area contributed by atoms with E-state index in [0.717, 1.165) is 5.92 Å². The second-order valence-electron chi connectivity index (χ2n) is 3.58. The Balaban J connectivity index is 2.56. The van der Waals surface area contributed by atoms with E-state index in [1.165, 1.54) is 23.7 Å². The third kappa shape index (κ3) is 1.41. The largest absolute Gasteiger partial charge is 0.0858 e. The third-order valence-corrected chi connectivity index (χ3v) is 4.62. The maximum absolute atomic E-state index is 2.52. The summed E-state index contributed by atoms with van der Waals surface area (Å²) in [4.78, 5) is 0. The molecule has 0 saturated heterocycles. The highest BCUT2D eigenvalue weighted by Gasteiger charge is 2.34. The van der Waals surface area contributed by atoms with Crippen LogP contribution in [-0.4, -0.2) is 4.43 Å². The summed E-state index contributed by atoms with van der Waals surface area (Å²) in [5.74, 6) is 0.967. The van der Waals surface area contributed by atoms with Gasteiger partial charge in [0, 0.05) is 4.43 Å². The van der Waals surface area contributed by atoms with Gasteiger partial charge in [-0.15, -0.1) is 0 Å². The minimum Gasteiger partial charge on any atom is -0.0858 e. The molecule has 54 valence electrons. The van der Waals surface area contributed by atoms with Crippen molar-refractivity contribution in [2.75, 3.05) is 4.43 Å². The van der Waals surface area contributed by atoms with Gasteiger partial charge in [-0.25, -0.2) is 0 Å². The zero-order chi connectivity index (χ0) is 6.91. The van der Waals surface area contributed by atoms with Crippen molar-refractivity contribution in [1.82, 2.24) is 0 Å². The predicted molar refractivity (Wildman–Crippen MR) is 50.0 cm³/mol. The van der Waals surface area contributed by atoms with E-state index in [9.17, 15) is 0 Å². The maximum atomic E-state index is 2.52. The number of halogens is 1. The molecule has 0 aromatic rings. The SMILES string of the molecule is CC1CCCC1(C)CI. The van der Waals surface area contributed by atoms with Crippen LogP contribution < -0.4 is 0 Å². The quantitative estimate of drug-likeness (QED) is 0.486. The van der Waals surface area contributed by atoms with E-state index >= 15 is 0 Å². The average Bonchev–Trinajstić information content (AvgIpc) is 2.15. The molecule has 0 bridgehead atoms. The van der Waals surface area contributed by atoms with E-state index in [4.69, 9.17) is 0 Å². The Morgan fingerprint density at radius 2 is 2.33 bits per heavy atom. The van der Waals surface area contributed by atoms with Gasteiger partial charge in [0.1, 0.15) is 0 Å². The molecule has 0 nitrogen and oxygen atoms in total. The van der Waals surface area contributed by atoms with Crippen molar-refractivity contribution < 1.29 is 0 Å². The van der Waals surface area contributed by atoms with Crippen LogP contribution in [0.4, 0.5) is 0 Å². The van der Waals surface area contributed by atoms with Gasteiger partial charge in [-0.3, -0.25) is 0 Å². The van der Waals surface area contributed by atoms with Crippen LogP contribution in [0.25, 0.3) is 0 Å². The molecule has 0 heterocycles. The second kappa shape index (κ2) is 2.77. The molecule has 0 aromatic heterocycles. The monoisotopic (exact) mass is 238 g/mol. The molecular weight excluding hydrogens is 223 g/mol. The molecule has 0 aromatic carbocycles. The lowest BCUT2D eigenvalue weighted by Crippen LogP contribution is -2.20. The molecule has 1 aliphatic carbocycles. The van der Waals surface area contributed by atoms with E-state index < -0.39 is 0 Å².